The minimum Gasteiger partial charge on any atom is -0.324 e. The molecule has 7 nitrogen and oxygen atoms in total. The van der Waals surface area contributed by atoms with E-state index in [-0.39, 0.29) is 40.4 Å². The molecule has 0 aliphatic carbocycles. The predicted octanol–water partition coefficient (Wildman–Crippen LogP) is 4.08. The van der Waals surface area contributed by atoms with E-state index in [0.29, 0.717) is 13.1 Å². The molecule has 2 aromatic carbocycles. The Morgan fingerprint density at radius 3 is 2.44 bits per heavy atom. The molecular formula is C22H26ClN3O4S2. The highest BCUT2D eigenvalue weighted by atomic mass is 35.5. The zero-order valence-corrected chi connectivity index (χ0v) is 20.6. The number of halogens is 1. The van der Waals surface area contributed by atoms with Crippen LogP contribution in [0, 0.1) is 5.92 Å². The van der Waals surface area contributed by atoms with Crippen LogP contribution in [0.2, 0.25) is 5.02 Å². The lowest BCUT2D eigenvalue weighted by Gasteiger charge is -2.20. The molecule has 32 heavy (non-hydrogen) atoms. The topological polar surface area (TPSA) is 86.8 Å². The lowest BCUT2D eigenvalue weighted by atomic mass is 10.1. The van der Waals surface area contributed by atoms with Crippen molar-refractivity contribution in [2.75, 3.05) is 36.1 Å². The number of hydrogen-bond donors (Lipinski definition) is 1. The standard InChI is InChI=1S/C22H26ClN3O4S2/c1-4-25(5-2)32(29,30)18-10-11-19(23)20(13-18)24-22(28)15-12-21(27)26(14-15)16-6-8-17(31-3)9-7-16/h6-11,13,15H,4-5,12,14H2,1-3H3,(H,24,28). The van der Waals surface area contributed by atoms with E-state index in [1.807, 2.05) is 30.5 Å². The monoisotopic (exact) mass is 495 g/mol. The molecule has 1 N–H and O–H groups in total. The van der Waals surface area contributed by atoms with E-state index in [9.17, 15) is 18.0 Å². The maximum atomic E-state index is 12.9. The summed E-state index contributed by atoms with van der Waals surface area (Å²) in [6.45, 7) is 4.44. The van der Waals surface area contributed by atoms with Crippen LogP contribution in [0.1, 0.15) is 20.3 Å². The number of benzene rings is 2. The van der Waals surface area contributed by atoms with Gasteiger partial charge < -0.3 is 10.2 Å². The molecule has 0 spiro atoms. The SMILES string of the molecule is CCN(CC)S(=O)(=O)c1ccc(Cl)c(NC(=O)C2CC(=O)N(c3ccc(SC)cc3)C2)c1. The van der Waals surface area contributed by atoms with E-state index in [0.717, 1.165) is 10.6 Å². The molecule has 1 aliphatic heterocycles. The number of hydrogen-bond acceptors (Lipinski definition) is 5. The first kappa shape index (κ1) is 24.6. The van der Waals surface area contributed by atoms with E-state index in [1.165, 1.54) is 22.5 Å². The molecule has 0 saturated carbocycles. The summed E-state index contributed by atoms with van der Waals surface area (Å²) >= 11 is 7.83. The molecule has 0 radical (unpaired) electrons. The molecular weight excluding hydrogens is 470 g/mol. The Kier molecular flexibility index (Phi) is 7.87. The van der Waals surface area contributed by atoms with Crippen molar-refractivity contribution >= 4 is 56.6 Å². The summed E-state index contributed by atoms with van der Waals surface area (Å²) < 4.78 is 26.9. The molecule has 1 fully saturated rings. The minimum absolute atomic E-state index is 0.0545. The number of nitrogens with one attached hydrogen (secondary N) is 1. The van der Waals surface area contributed by atoms with Crippen LogP contribution in [-0.2, 0) is 19.6 Å². The van der Waals surface area contributed by atoms with Gasteiger partial charge in [0, 0.05) is 36.6 Å². The van der Waals surface area contributed by atoms with Crippen molar-refractivity contribution in [2.45, 2.75) is 30.1 Å². The summed E-state index contributed by atoms with van der Waals surface area (Å²) in [5, 5.41) is 2.94. The van der Waals surface area contributed by atoms with Gasteiger partial charge in [-0.3, -0.25) is 9.59 Å². The largest absolute Gasteiger partial charge is 0.324 e. The first-order valence-corrected chi connectivity index (χ1v) is 13.3. The van der Waals surface area contributed by atoms with E-state index >= 15 is 0 Å². The molecule has 1 unspecified atom stereocenters. The lowest BCUT2D eigenvalue weighted by Crippen LogP contribution is -2.31. The van der Waals surface area contributed by atoms with Crippen molar-refractivity contribution in [3.8, 4) is 0 Å². The van der Waals surface area contributed by atoms with Gasteiger partial charge in [0.15, 0.2) is 0 Å². The fourth-order valence-corrected chi connectivity index (χ4v) is 5.66. The Labute approximate surface area is 198 Å². The van der Waals surface area contributed by atoms with E-state index < -0.39 is 15.9 Å². The maximum Gasteiger partial charge on any atom is 0.243 e. The third-order valence-electron chi connectivity index (χ3n) is 5.42. The number of sulfonamides is 1. The van der Waals surface area contributed by atoms with Crippen LogP contribution < -0.4 is 10.2 Å². The second kappa shape index (κ2) is 10.2. The van der Waals surface area contributed by atoms with E-state index in [1.54, 1.807) is 30.5 Å². The van der Waals surface area contributed by atoms with E-state index in [4.69, 9.17) is 11.6 Å². The molecule has 1 atom stereocenters. The van der Waals surface area contributed by atoms with Crippen LogP contribution in [0.3, 0.4) is 0 Å². The van der Waals surface area contributed by atoms with Crippen molar-refractivity contribution < 1.29 is 18.0 Å². The van der Waals surface area contributed by atoms with Gasteiger partial charge in [0.05, 0.1) is 21.5 Å². The molecule has 1 aliphatic rings. The number of rotatable bonds is 8. The van der Waals surface area contributed by atoms with Gasteiger partial charge in [-0.05, 0) is 48.7 Å². The number of amides is 2. The third kappa shape index (κ3) is 5.11. The number of thioether (sulfide) groups is 1. The fraction of sp³-hybridized carbons (Fsp3) is 0.364. The number of nitrogens with zero attached hydrogens (tertiary/aromatic N) is 2. The van der Waals surface area contributed by atoms with Crippen LogP contribution in [-0.4, -0.2) is 50.4 Å². The molecule has 1 saturated heterocycles. The van der Waals surface area contributed by atoms with Crippen LogP contribution in [0.5, 0.6) is 0 Å². The van der Waals surface area contributed by atoms with Crippen molar-refractivity contribution in [1.29, 1.82) is 0 Å². The van der Waals surface area contributed by atoms with Gasteiger partial charge in [-0.2, -0.15) is 4.31 Å². The van der Waals surface area contributed by atoms with E-state index in [2.05, 4.69) is 5.32 Å². The molecule has 3 rings (SSSR count). The van der Waals surface area contributed by atoms with Gasteiger partial charge >= 0.3 is 0 Å². The van der Waals surface area contributed by atoms with Gasteiger partial charge in [0.1, 0.15) is 0 Å². The van der Waals surface area contributed by atoms with Crippen LogP contribution in [0.15, 0.2) is 52.3 Å². The highest BCUT2D eigenvalue weighted by molar-refractivity contribution is 7.98. The molecule has 10 heteroatoms. The molecule has 2 aromatic rings. The summed E-state index contributed by atoms with van der Waals surface area (Å²) in [4.78, 5) is 28.1. The van der Waals surface area contributed by atoms with Gasteiger partial charge in [0.2, 0.25) is 21.8 Å². The zero-order chi connectivity index (χ0) is 23.5. The molecule has 172 valence electrons. The average Bonchev–Trinajstić information content (AvgIpc) is 3.17. The second-order valence-corrected chi connectivity index (χ2v) is 10.5. The Bertz CT molecular complexity index is 1100. The Morgan fingerprint density at radius 2 is 1.84 bits per heavy atom. The molecule has 0 bridgehead atoms. The van der Waals surface area contributed by atoms with Crippen molar-refractivity contribution in [2.24, 2.45) is 5.92 Å². The molecule has 1 heterocycles. The Hall–Kier alpha value is -2.07. The third-order valence-corrected chi connectivity index (χ3v) is 8.54. The quantitative estimate of drug-likeness (QED) is 0.557. The van der Waals surface area contributed by atoms with Crippen LogP contribution in [0.4, 0.5) is 11.4 Å². The van der Waals surface area contributed by atoms with Crippen LogP contribution in [0.25, 0.3) is 0 Å². The Morgan fingerprint density at radius 1 is 1.19 bits per heavy atom. The summed E-state index contributed by atoms with van der Waals surface area (Å²) in [6, 6.07) is 11.8. The highest BCUT2D eigenvalue weighted by Gasteiger charge is 2.35. The number of carbonyl (C=O) groups excluding carboxylic acids is 2. The fourth-order valence-electron chi connectivity index (χ4n) is 3.60. The normalized spacial score (nSPS) is 16.6. The first-order chi connectivity index (χ1) is 15.2. The Balaban J connectivity index is 1.76. The summed E-state index contributed by atoms with van der Waals surface area (Å²) in [5.74, 6) is -1.08. The van der Waals surface area contributed by atoms with Gasteiger partial charge in [-0.1, -0.05) is 25.4 Å². The van der Waals surface area contributed by atoms with Crippen molar-refractivity contribution in [3.63, 3.8) is 0 Å². The van der Waals surface area contributed by atoms with Crippen LogP contribution >= 0.6 is 23.4 Å². The van der Waals surface area contributed by atoms with Gasteiger partial charge in [-0.15, -0.1) is 11.8 Å². The minimum atomic E-state index is -3.70. The average molecular weight is 496 g/mol. The highest BCUT2D eigenvalue weighted by Crippen LogP contribution is 2.30. The van der Waals surface area contributed by atoms with Gasteiger partial charge in [-0.25, -0.2) is 8.42 Å². The van der Waals surface area contributed by atoms with Crippen molar-refractivity contribution in [1.82, 2.24) is 4.31 Å². The predicted molar refractivity (Wildman–Crippen MR) is 129 cm³/mol. The molecule has 0 aromatic heterocycles. The zero-order valence-electron chi connectivity index (χ0n) is 18.2. The number of anilines is 2. The number of carbonyl (C=O) groups is 2. The molecule has 2 amide bonds. The first-order valence-electron chi connectivity index (χ1n) is 10.3. The maximum absolute atomic E-state index is 12.9. The second-order valence-electron chi connectivity index (χ2n) is 7.32. The summed E-state index contributed by atoms with van der Waals surface area (Å²) in [5.41, 5.74) is 0.952. The summed E-state index contributed by atoms with van der Waals surface area (Å²) in [7, 11) is -3.70. The van der Waals surface area contributed by atoms with Gasteiger partial charge in [0.25, 0.3) is 0 Å². The summed E-state index contributed by atoms with van der Waals surface area (Å²) in [6.07, 6.45) is 2.05. The lowest BCUT2D eigenvalue weighted by molar-refractivity contribution is -0.122. The van der Waals surface area contributed by atoms with Crippen molar-refractivity contribution in [3.05, 3.63) is 47.5 Å². The smallest absolute Gasteiger partial charge is 0.243 e.